The Morgan fingerprint density at radius 3 is 2.22 bits per heavy atom. The Morgan fingerprint density at radius 2 is 1.61 bits per heavy atom. The van der Waals surface area contributed by atoms with Crippen molar-refractivity contribution < 1.29 is 5.11 Å². The van der Waals surface area contributed by atoms with Crippen LogP contribution >= 0.6 is 0 Å². The first-order chi connectivity index (χ1) is 11.0. The largest absolute Gasteiger partial charge is 0.507 e. The highest BCUT2D eigenvalue weighted by Crippen LogP contribution is 2.23. The zero-order valence-corrected chi connectivity index (χ0v) is 13.1. The summed E-state index contributed by atoms with van der Waals surface area (Å²) in [6.45, 7) is 0.638. The molecule has 2 aromatic carbocycles. The summed E-state index contributed by atoms with van der Waals surface area (Å²) in [7, 11) is 1.89. The van der Waals surface area contributed by atoms with Crippen LogP contribution in [0.15, 0.2) is 72.2 Å². The molecule has 0 aliphatic heterocycles. The number of phenols is 1. The summed E-state index contributed by atoms with van der Waals surface area (Å²) in [5, 5.41) is 9.89. The van der Waals surface area contributed by atoms with Crippen LogP contribution in [0.1, 0.15) is 11.1 Å². The molecule has 0 saturated carbocycles. The number of nitrogens with two attached hydrogens (primary N) is 3. The van der Waals surface area contributed by atoms with E-state index in [-0.39, 0.29) is 11.6 Å². The van der Waals surface area contributed by atoms with Crippen molar-refractivity contribution >= 4 is 5.70 Å². The molecule has 0 saturated heterocycles. The Kier molecular flexibility index (Phi) is 5.15. The summed E-state index contributed by atoms with van der Waals surface area (Å²) in [5.74, 6) is 0.281. The molecule has 0 unspecified atom stereocenters. The van der Waals surface area contributed by atoms with E-state index in [1.54, 1.807) is 30.3 Å². The van der Waals surface area contributed by atoms with Gasteiger partial charge in [-0.25, -0.2) is 0 Å². The van der Waals surface area contributed by atoms with E-state index < -0.39 is 0 Å². The topological polar surface area (TPSA) is 102 Å². The van der Waals surface area contributed by atoms with E-state index >= 15 is 0 Å². The summed E-state index contributed by atoms with van der Waals surface area (Å²) >= 11 is 0. The molecule has 0 heterocycles. The zero-order chi connectivity index (χ0) is 16.8. The van der Waals surface area contributed by atoms with Crippen LogP contribution in [0.5, 0.6) is 5.75 Å². The van der Waals surface area contributed by atoms with E-state index in [9.17, 15) is 5.11 Å². The van der Waals surface area contributed by atoms with E-state index in [0.29, 0.717) is 23.5 Å². The van der Waals surface area contributed by atoms with Gasteiger partial charge in [0.05, 0.1) is 5.70 Å². The lowest BCUT2D eigenvalue weighted by Gasteiger charge is -2.22. The molecule has 0 fully saturated rings. The highest BCUT2D eigenvalue weighted by molar-refractivity contribution is 5.69. The molecule has 0 radical (unpaired) electrons. The Labute approximate surface area is 136 Å². The molecule has 5 nitrogen and oxygen atoms in total. The molecule has 0 aliphatic rings. The normalized spacial score (nSPS) is 11.1. The third-order valence-electron chi connectivity index (χ3n) is 3.48. The first kappa shape index (κ1) is 16.3. The van der Waals surface area contributed by atoms with Crippen LogP contribution in [-0.2, 0) is 6.54 Å². The SMILES string of the molecule is CN(Cc1ccccc1)C(/C=C(\N)c1ccccc1O)=C(N)N. The van der Waals surface area contributed by atoms with E-state index in [4.69, 9.17) is 17.2 Å². The lowest BCUT2D eigenvalue weighted by molar-refractivity contribution is 0.419. The first-order valence-corrected chi connectivity index (χ1v) is 7.25. The fraction of sp³-hybridized carbons (Fsp3) is 0.111. The third-order valence-corrected chi connectivity index (χ3v) is 3.48. The van der Waals surface area contributed by atoms with E-state index in [0.717, 1.165) is 5.56 Å². The van der Waals surface area contributed by atoms with Gasteiger partial charge in [-0.3, -0.25) is 0 Å². The van der Waals surface area contributed by atoms with Gasteiger partial charge in [0.15, 0.2) is 0 Å². The maximum Gasteiger partial charge on any atom is 0.124 e. The van der Waals surface area contributed by atoms with Crippen LogP contribution in [0.2, 0.25) is 0 Å². The van der Waals surface area contributed by atoms with Crippen LogP contribution in [0.4, 0.5) is 0 Å². The van der Waals surface area contributed by atoms with Gasteiger partial charge in [-0.15, -0.1) is 0 Å². The molecule has 23 heavy (non-hydrogen) atoms. The highest BCUT2D eigenvalue weighted by Gasteiger charge is 2.10. The molecule has 0 atom stereocenters. The van der Waals surface area contributed by atoms with Gasteiger partial charge >= 0.3 is 0 Å². The summed E-state index contributed by atoms with van der Waals surface area (Å²) in [5.41, 5.74) is 20.4. The average molecular weight is 310 g/mol. The van der Waals surface area contributed by atoms with Crippen molar-refractivity contribution in [3.05, 3.63) is 83.3 Å². The van der Waals surface area contributed by atoms with Crippen LogP contribution in [0.3, 0.4) is 0 Å². The Morgan fingerprint density at radius 1 is 1.00 bits per heavy atom. The second-order valence-corrected chi connectivity index (χ2v) is 5.30. The van der Waals surface area contributed by atoms with Crippen molar-refractivity contribution in [3.63, 3.8) is 0 Å². The molecule has 2 rings (SSSR count). The number of allylic oxidation sites excluding steroid dienone is 1. The predicted molar refractivity (Wildman–Crippen MR) is 93.6 cm³/mol. The fourth-order valence-corrected chi connectivity index (χ4v) is 2.30. The number of nitrogens with zero attached hydrogens (tertiary/aromatic N) is 1. The molecule has 0 spiro atoms. The van der Waals surface area contributed by atoms with Gasteiger partial charge < -0.3 is 27.2 Å². The Hall–Kier alpha value is -3.08. The number of hydrogen-bond donors (Lipinski definition) is 4. The summed E-state index contributed by atoms with van der Waals surface area (Å²) in [6.07, 6.45) is 1.67. The number of benzene rings is 2. The molecule has 120 valence electrons. The second-order valence-electron chi connectivity index (χ2n) is 5.30. The van der Waals surface area contributed by atoms with Gasteiger partial charge in [-0.1, -0.05) is 42.5 Å². The fourth-order valence-electron chi connectivity index (χ4n) is 2.30. The molecular weight excluding hydrogens is 288 g/mol. The Bertz CT molecular complexity index is 719. The number of hydrogen-bond acceptors (Lipinski definition) is 5. The molecule has 5 heteroatoms. The lowest BCUT2D eigenvalue weighted by Crippen LogP contribution is -2.24. The van der Waals surface area contributed by atoms with Crippen molar-refractivity contribution in [3.8, 4) is 5.75 Å². The molecule has 0 aliphatic carbocycles. The predicted octanol–water partition coefficient (Wildman–Crippen LogP) is 1.91. The average Bonchev–Trinajstić information content (AvgIpc) is 2.53. The number of aromatic hydroxyl groups is 1. The minimum absolute atomic E-state index is 0.113. The third kappa shape index (κ3) is 4.20. The number of rotatable bonds is 5. The number of likely N-dealkylation sites (N-methyl/N-ethyl adjacent to an activating group) is 1. The Balaban J connectivity index is 2.27. The first-order valence-electron chi connectivity index (χ1n) is 7.25. The highest BCUT2D eigenvalue weighted by atomic mass is 16.3. The van der Waals surface area contributed by atoms with Crippen molar-refractivity contribution in [2.45, 2.75) is 6.54 Å². The van der Waals surface area contributed by atoms with E-state index in [1.807, 2.05) is 42.3 Å². The number of para-hydroxylation sites is 1. The maximum atomic E-state index is 9.89. The van der Waals surface area contributed by atoms with Crippen LogP contribution in [0.25, 0.3) is 5.70 Å². The smallest absolute Gasteiger partial charge is 0.124 e. The van der Waals surface area contributed by atoms with Gasteiger partial charge in [-0.2, -0.15) is 0 Å². The molecule has 0 aromatic heterocycles. The van der Waals surface area contributed by atoms with E-state index in [2.05, 4.69) is 0 Å². The summed E-state index contributed by atoms with van der Waals surface area (Å²) in [6, 6.07) is 16.8. The quantitative estimate of drug-likeness (QED) is 0.632. The van der Waals surface area contributed by atoms with Gasteiger partial charge in [0.25, 0.3) is 0 Å². The molecule has 0 bridgehead atoms. The molecule has 2 aromatic rings. The van der Waals surface area contributed by atoms with Gasteiger partial charge in [0.2, 0.25) is 0 Å². The van der Waals surface area contributed by atoms with Gasteiger partial charge in [0, 0.05) is 24.9 Å². The maximum absolute atomic E-state index is 9.89. The summed E-state index contributed by atoms with van der Waals surface area (Å²) in [4.78, 5) is 1.91. The van der Waals surface area contributed by atoms with Crippen molar-refractivity contribution in [1.82, 2.24) is 4.90 Å². The minimum Gasteiger partial charge on any atom is -0.507 e. The standard InChI is InChI=1S/C18H22N4O/c1-22(12-13-7-3-2-4-8-13)16(18(20)21)11-15(19)14-9-5-6-10-17(14)23/h2-11,23H,12,19-21H2,1H3/b15-11-. The van der Waals surface area contributed by atoms with E-state index in [1.165, 1.54) is 0 Å². The molecular formula is C18H22N4O. The lowest BCUT2D eigenvalue weighted by atomic mass is 10.1. The zero-order valence-electron chi connectivity index (χ0n) is 13.1. The summed E-state index contributed by atoms with van der Waals surface area (Å²) < 4.78 is 0. The van der Waals surface area contributed by atoms with Gasteiger partial charge in [0.1, 0.15) is 11.6 Å². The van der Waals surface area contributed by atoms with Crippen molar-refractivity contribution in [1.29, 1.82) is 0 Å². The van der Waals surface area contributed by atoms with Crippen LogP contribution in [-0.4, -0.2) is 17.1 Å². The number of phenolic OH excluding ortho intramolecular Hbond substituents is 1. The van der Waals surface area contributed by atoms with Crippen molar-refractivity contribution in [2.75, 3.05) is 7.05 Å². The minimum atomic E-state index is 0.113. The van der Waals surface area contributed by atoms with Crippen LogP contribution < -0.4 is 17.2 Å². The second kappa shape index (κ2) is 7.26. The molecule has 7 N–H and O–H groups in total. The van der Waals surface area contributed by atoms with Gasteiger partial charge in [-0.05, 0) is 23.8 Å². The van der Waals surface area contributed by atoms with Crippen LogP contribution in [0, 0.1) is 0 Å². The van der Waals surface area contributed by atoms with Crippen molar-refractivity contribution in [2.24, 2.45) is 17.2 Å². The molecule has 0 amide bonds. The monoisotopic (exact) mass is 310 g/mol.